The zero-order valence-corrected chi connectivity index (χ0v) is 17.4. The quantitative estimate of drug-likeness (QED) is 0.657. The molecule has 0 bridgehead atoms. The molecule has 7 nitrogen and oxygen atoms in total. The van der Waals surface area contributed by atoms with Crippen molar-refractivity contribution >= 4 is 20.9 Å². The third-order valence-corrected chi connectivity index (χ3v) is 7.69. The van der Waals surface area contributed by atoms with Crippen molar-refractivity contribution in [1.82, 2.24) is 18.8 Å². The average molecular weight is 413 g/mol. The lowest BCUT2D eigenvalue weighted by molar-refractivity contribution is 0.250. The van der Waals surface area contributed by atoms with Crippen molar-refractivity contribution in [2.75, 3.05) is 13.1 Å². The van der Waals surface area contributed by atoms with Crippen molar-refractivity contribution in [3.05, 3.63) is 64.5 Å². The molecular formula is C21H24N4O3S. The number of nitrogens with zero attached hydrogens (tertiary/aromatic N) is 4. The van der Waals surface area contributed by atoms with Crippen molar-refractivity contribution in [2.45, 2.75) is 38.1 Å². The lowest BCUT2D eigenvalue weighted by Gasteiger charge is -2.31. The molecule has 152 valence electrons. The average Bonchev–Trinajstić information content (AvgIpc) is 2.74. The van der Waals surface area contributed by atoms with Crippen molar-refractivity contribution in [3.63, 3.8) is 0 Å². The summed E-state index contributed by atoms with van der Waals surface area (Å²) in [4.78, 5) is 21.2. The standard InChI is InChI=1S/C21H24N4O3S/c1-15-16(2)23-14-24(21(15)26)13-17-8-11-25(12-9-17)29(27,28)19-7-3-5-18-6-4-10-22-20(18)19/h3-7,10,14,17H,8-9,11-13H2,1-2H3. The van der Waals surface area contributed by atoms with Gasteiger partial charge in [-0.15, -0.1) is 0 Å². The number of hydrogen-bond acceptors (Lipinski definition) is 5. The molecule has 0 spiro atoms. The zero-order valence-electron chi connectivity index (χ0n) is 16.6. The number of pyridine rings is 1. The Labute approximate surface area is 170 Å². The van der Waals surface area contributed by atoms with Crippen LogP contribution in [0.4, 0.5) is 0 Å². The molecule has 3 heterocycles. The highest BCUT2D eigenvalue weighted by Gasteiger charge is 2.31. The Morgan fingerprint density at radius 3 is 2.55 bits per heavy atom. The number of aryl methyl sites for hydroxylation is 1. The van der Waals surface area contributed by atoms with E-state index in [0.717, 1.165) is 11.1 Å². The van der Waals surface area contributed by atoms with Crippen LogP contribution in [0.3, 0.4) is 0 Å². The minimum absolute atomic E-state index is 0.0191. The molecule has 29 heavy (non-hydrogen) atoms. The van der Waals surface area contributed by atoms with Crippen molar-refractivity contribution < 1.29 is 8.42 Å². The Hall–Kier alpha value is -2.58. The fourth-order valence-electron chi connectivity index (χ4n) is 3.84. The summed E-state index contributed by atoms with van der Waals surface area (Å²) in [6.45, 7) is 5.05. The van der Waals surface area contributed by atoms with Crippen LogP contribution in [-0.2, 0) is 16.6 Å². The highest BCUT2D eigenvalue weighted by molar-refractivity contribution is 7.89. The Kier molecular flexibility index (Phi) is 5.23. The van der Waals surface area contributed by atoms with E-state index in [-0.39, 0.29) is 16.4 Å². The predicted octanol–water partition coefficient (Wildman–Crippen LogP) is 2.51. The van der Waals surface area contributed by atoms with Gasteiger partial charge in [-0.25, -0.2) is 13.4 Å². The molecule has 1 saturated heterocycles. The van der Waals surface area contributed by atoms with E-state index in [2.05, 4.69) is 9.97 Å². The monoisotopic (exact) mass is 412 g/mol. The smallest absolute Gasteiger partial charge is 0.256 e. The molecule has 0 aliphatic carbocycles. The van der Waals surface area contributed by atoms with Gasteiger partial charge in [0.1, 0.15) is 4.90 Å². The van der Waals surface area contributed by atoms with E-state index >= 15 is 0 Å². The van der Waals surface area contributed by atoms with E-state index in [4.69, 9.17) is 0 Å². The molecule has 3 aromatic rings. The van der Waals surface area contributed by atoms with Crippen LogP contribution in [0.5, 0.6) is 0 Å². The first-order valence-corrected chi connectivity index (χ1v) is 11.2. The van der Waals surface area contributed by atoms with Crippen molar-refractivity contribution in [3.8, 4) is 0 Å². The van der Waals surface area contributed by atoms with Gasteiger partial charge in [-0.2, -0.15) is 4.31 Å². The molecule has 1 aliphatic heterocycles. The maximum absolute atomic E-state index is 13.2. The number of sulfonamides is 1. The van der Waals surface area contributed by atoms with Gasteiger partial charge in [-0.05, 0) is 44.7 Å². The summed E-state index contributed by atoms with van der Waals surface area (Å²) in [5.41, 5.74) is 1.89. The zero-order chi connectivity index (χ0) is 20.6. The molecule has 0 saturated carbocycles. The van der Waals surface area contributed by atoms with Gasteiger partial charge in [-0.3, -0.25) is 14.3 Å². The number of para-hydroxylation sites is 1. The third kappa shape index (κ3) is 3.70. The first-order chi connectivity index (χ1) is 13.9. The van der Waals surface area contributed by atoms with E-state index in [0.29, 0.717) is 43.6 Å². The second-order valence-corrected chi connectivity index (χ2v) is 9.50. The van der Waals surface area contributed by atoms with Gasteiger partial charge < -0.3 is 0 Å². The first kappa shape index (κ1) is 19.7. The predicted molar refractivity (Wildman–Crippen MR) is 111 cm³/mol. The molecule has 0 atom stereocenters. The summed E-state index contributed by atoms with van der Waals surface area (Å²) < 4.78 is 29.6. The van der Waals surface area contributed by atoms with Crippen molar-refractivity contribution in [1.29, 1.82) is 0 Å². The second-order valence-electron chi connectivity index (χ2n) is 7.59. The molecule has 0 amide bonds. The minimum Gasteiger partial charge on any atom is -0.299 e. The van der Waals surface area contributed by atoms with E-state index < -0.39 is 10.0 Å². The van der Waals surface area contributed by atoms with Crippen LogP contribution >= 0.6 is 0 Å². The summed E-state index contributed by atoms with van der Waals surface area (Å²) in [5.74, 6) is 0.244. The summed E-state index contributed by atoms with van der Waals surface area (Å²) in [6.07, 6.45) is 4.62. The highest BCUT2D eigenvalue weighted by atomic mass is 32.2. The number of piperidine rings is 1. The minimum atomic E-state index is -3.62. The molecule has 0 unspecified atom stereocenters. The summed E-state index contributed by atoms with van der Waals surface area (Å²) in [5, 5.41) is 0.810. The normalized spacial score (nSPS) is 16.3. The van der Waals surface area contributed by atoms with Gasteiger partial charge in [0.25, 0.3) is 5.56 Å². The fraction of sp³-hybridized carbons (Fsp3) is 0.381. The fourth-order valence-corrected chi connectivity index (χ4v) is 5.47. The van der Waals surface area contributed by atoms with Crippen LogP contribution in [0, 0.1) is 19.8 Å². The Morgan fingerprint density at radius 1 is 1.07 bits per heavy atom. The molecule has 1 aromatic carbocycles. The topological polar surface area (TPSA) is 85.2 Å². The number of rotatable bonds is 4. The maximum Gasteiger partial charge on any atom is 0.256 e. The van der Waals surface area contributed by atoms with Crippen molar-refractivity contribution in [2.24, 2.45) is 5.92 Å². The lowest BCUT2D eigenvalue weighted by atomic mass is 9.98. The van der Waals surface area contributed by atoms with E-state index in [1.54, 1.807) is 42.2 Å². The first-order valence-electron chi connectivity index (χ1n) is 9.74. The molecule has 4 rings (SSSR count). The van der Waals surface area contributed by atoms with Crippen LogP contribution in [0.25, 0.3) is 10.9 Å². The Balaban J connectivity index is 1.51. The van der Waals surface area contributed by atoms with E-state index in [1.807, 2.05) is 19.1 Å². The van der Waals surface area contributed by atoms with Gasteiger partial charge in [-0.1, -0.05) is 18.2 Å². The van der Waals surface area contributed by atoms with Crippen LogP contribution in [0.2, 0.25) is 0 Å². The molecule has 0 N–H and O–H groups in total. The number of aromatic nitrogens is 3. The maximum atomic E-state index is 13.2. The Morgan fingerprint density at radius 2 is 1.79 bits per heavy atom. The van der Waals surface area contributed by atoms with Crippen LogP contribution in [0.15, 0.2) is 52.5 Å². The molecule has 2 aromatic heterocycles. The van der Waals surface area contributed by atoms with Gasteiger partial charge >= 0.3 is 0 Å². The Bertz CT molecular complexity index is 1210. The highest BCUT2D eigenvalue weighted by Crippen LogP contribution is 2.28. The number of hydrogen-bond donors (Lipinski definition) is 0. The molecule has 0 radical (unpaired) electrons. The van der Waals surface area contributed by atoms with Gasteiger partial charge in [0.2, 0.25) is 10.0 Å². The van der Waals surface area contributed by atoms with E-state index in [9.17, 15) is 13.2 Å². The van der Waals surface area contributed by atoms with Crippen LogP contribution in [0.1, 0.15) is 24.1 Å². The third-order valence-electron chi connectivity index (χ3n) is 5.76. The van der Waals surface area contributed by atoms with Gasteiger partial charge in [0.05, 0.1) is 11.8 Å². The lowest BCUT2D eigenvalue weighted by Crippen LogP contribution is -2.40. The van der Waals surface area contributed by atoms with Crippen LogP contribution in [-0.4, -0.2) is 40.3 Å². The van der Waals surface area contributed by atoms with Crippen LogP contribution < -0.4 is 5.56 Å². The molecule has 1 fully saturated rings. The molecular weight excluding hydrogens is 388 g/mol. The molecule has 1 aliphatic rings. The van der Waals surface area contributed by atoms with Gasteiger partial charge in [0.15, 0.2) is 0 Å². The second kappa shape index (κ2) is 7.68. The van der Waals surface area contributed by atoms with E-state index in [1.165, 1.54) is 4.31 Å². The largest absolute Gasteiger partial charge is 0.299 e. The SMILES string of the molecule is Cc1ncn(CC2CCN(S(=O)(=O)c3cccc4cccnc34)CC2)c(=O)c1C. The summed E-state index contributed by atoms with van der Waals surface area (Å²) in [6, 6.07) is 8.90. The number of fused-ring (bicyclic) bond motifs is 1. The molecule has 8 heteroatoms. The summed E-state index contributed by atoms with van der Waals surface area (Å²) in [7, 11) is -3.62. The van der Waals surface area contributed by atoms with Gasteiger partial charge in [0, 0.05) is 42.5 Å². The summed E-state index contributed by atoms with van der Waals surface area (Å²) >= 11 is 0. The number of benzene rings is 1.